The first-order chi connectivity index (χ1) is 8.38. The van der Waals surface area contributed by atoms with Crippen LogP contribution in [-0.4, -0.2) is 50.3 Å². The second-order valence-electron chi connectivity index (χ2n) is 4.98. The number of rotatable bonds is 9. The van der Waals surface area contributed by atoms with Gasteiger partial charge in [-0.25, -0.2) is 0 Å². The van der Waals surface area contributed by atoms with Crippen LogP contribution in [0.1, 0.15) is 46.0 Å². The van der Waals surface area contributed by atoms with E-state index in [1.54, 1.807) is 0 Å². The Morgan fingerprint density at radius 3 is 2.82 bits per heavy atom. The second-order valence-corrected chi connectivity index (χ2v) is 4.98. The van der Waals surface area contributed by atoms with Crippen LogP contribution in [0.5, 0.6) is 0 Å². The Bertz CT molecular complexity index is 176. The number of morpholine rings is 1. The highest BCUT2D eigenvalue weighted by atomic mass is 16.5. The van der Waals surface area contributed by atoms with E-state index >= 15 is 0 Å². The van der Waals surface area contributed by atoms with Gasteiger partial charge in [0.15, 0.2) is 0 Å². The van der Waals surface area contributed by atoms with E-state index in [1.165, 1.54) is 45.2 Å². The number of unbranched alkanes of at least 4 members (excludes halogenated alkanes) is 3. The summed E-state index contributed by atoms with van der Waals surface area (Å²) in [5.74, 6) is 0. The molecule has 1 fully saturated rings. The molecule has 1 rings (SSSR count). The van der Waals surface area contributed by atoms with Crippen molar-refractivity contribution in [3.05, 3.63) is 0 Å². The molecule has 1 saturated heterocycles. The molecule has 1 aliphatic heterocycles. The van der Waals surface area contributed by atoms with Crippen LogP contribution in [-0.2, 0) is 4.74 Å². The van der Waals surface area contributed by atoms with Crippen molar-refractivity contribution in [2.45, 2.75) is 52.0 Å². The molecular formula is C14H30N2O. The summed E-state index contributed by atoms with van der Waals surface area (Å²) in [6.45, 7) is 10.9. The van der Waals surface area contributed by atoms with Gasteiger partial charge in [-0.15, -0.1) is 0 Å². The van der Waals surface area contributed by atoms with Crippen LogP contribution in [0.4, 0.5) is 0 Å². The van der Waals surface area contributed by atoms with Gasteiger partial charge in [-0.3, -0.25) is 4.90 Å². The molecule has 0 bridgehead atoms. The first-order valence-electron chi connectivity index (χ1n) is 7.41. The van der Waals surface area contributed by atoms with Gasteiger partial charge in [-0.2, -0.15) is 0 Å². The van der Waals surface area contributed by atoms with Gasteiger partial charge in [0.2, 0.25) is 0 Å². The van der Waals surface area contributed by atoms with Crippen LogP contribution in [0, 0.1) is 0 Å². The summed E-state index contributed by atoms with van der Waals surface area (Å²) in [5.41, 5.74) is 0. The van der Waals surface area contributed by atoms with Gasteiger partial charge < -0.3 is 10.1 Å². The molecule has 1 N–H and O–H groups in total. The molecule has 0 spiro atoms. The second kappa shape index (κ2) is 9.86. The molecule has 1 unspecified atom stereocenters. The molecule has 3 heteroatoms. The number of hydrogen-bond acceptors (Lipinski definition) is 3. The van der Waals surface area contributed by atoms with E-state index in [9.17, 15) is 0 Å². The van der Waals surface area contributed by atoms with Crippen LogP contribution >= 0.6 is 0 Å². The molecule has 3 nitrogen and oxygen atoms in total. The third-order valence-electron chi connectivity index (χ3n) is 3.60. The molecule has 0 aromatic carbocycles. The van der Waals surface area contributed by atoms with Crippen LogP contribution in [0.25, 0.3) is 0 Å². The van der Waals surface area contributed by atoms with Crippen LogP contribution in [0.15, 0.2) is 0 Å². The zero-order valence-corrected chi connectivity index (χ0v) is 11.7. The first kappa shape index (κ1) is 14.9. The predicted molar refractivity (Wildman–Crippen MR) is 73.5 cm³/mol. The van der Waals surface area contributed by atoms with Gasteiger partial charge >= 0.3 is 0 Å². The van der Waals surface area contributed by atoms with Gasteiger partial charge in [0.25, 0.3) is 0 Å². The lowest BCUT2D eigenvalue weighted by molar-refractivity contribution is -0.00781. The van der Waals surface area contributed by atoms with Crippen molar-refractivity contribution >= 4 is 0 Å². The van der Waals surface area contributed by atoms with Gasteiger partial charge in [0.1, 0.15) is 0 Å². The minimum atomic E-state index is 0.644. The summed E-state index contributed by atoms with van der Waals surface area (Å²) in [7, 11) is 0. The van der Waals surface area contributed by atoms with Crippen molar-refractivity contribution in [2.75, 3.05) is 39.4 Å². The number of nitrogens with zero attached hydrogens (tertiary/aromatic N) is 1. The average molecular weight is 242 g/mol. The van der Waals surface area contributed by atoms with Crippen LogP contribution in [0.2, 0.25) is 0 Å². The molecule has 17 heavy (non-hydrogen) atoms. The summed E-state index contributed by atoms with van der Waals surface area (Å²) in [5, 5.41) is 3.55. The smallest absolute Gasteiger partial charge is 0.0622 e. The van der Waals surface area contributed by atoms with Gasteiger partial charge in [-0.1, -0.05) is 33.1 Å². The normalized spacial score (nSPS) is 21.9. The number of ether oxygens (including phenoxy) is 1. The fourth-order valence-corrected chi connectivity index (χ4v) is 2.38. The van der Waals surface area contributed by atoms with E-state index in [2.05, 4.69) is 24.1 Å². The summed E-state index contributed by atoms with van der Waals surface area (Å²) >= 11 is 0. The largest absolute Gasteiger partial charge is 0.378 e. The summed E-state index contributed by atoms with van der Waals surface area (Å²) in [6, 6.07) is 0.644. The van der Waals surface area contributed by atoms with Crippen LogP contribution < -0.4 is 5.32 Å². The monoisotopic (exact) mass is 242 g/mol. The lowest BCUT2D eigenvalue weighted by Gasteiger charge is -2.35. The lowest BCUT2D eigenvalue weighted by Crippen LogP contribution is -2.47. The Morgan fingerprint density at radius 2 is 2.06 bits per heavy atom. The van der Waals surface area contributed by atoms with Crippen molar-refractivity contribution < 1.29 is 4.74 Å². The maximum absolute atomic E-state index is 5.51. The zero-order chi connectivity index (χ0) is 12.3. The fraction of sp³-hybridized carbons (Fsp3) is 1.00. The van der Waals surface area contributed by atoms with E-state index in [0.29, 0.717) is 6.04 Å². The summed E-state index contributed by atoms with van der Waals surface area (Å²) < 4.78 is 5.51. The summed E-state index contributed by atoms with van der Waals surface area (Å²) in [4.78, 5) is 2.57. The number of hydrogen-bond donors (Lipinski definition) is 1. The Hall–Kier alpha value is -0.120. The average Bonchev–Trinajstić information content (AvgIpc) is 2.38. The highest BCUT2D eigenvalue weighted by Gasteiger charge is 2.20. The third kappa shape index (κ3) is 6.39. The molecule has 0 aromatic heterocycles. The fourth-order valence-electron chi connectivity index (χ4n) is 2.38. The quantitative estimate of drug-likeness (QED) is 0.628. The van der Waals surface area contributed by atoms with Gasteiger partial charge in [0, 0.05) is 25.7 Å². The van der Waals surface area contributed by atoms with E-state index in [-0.39, 0.29) is 0 Å². The Labute approximate surface area is 107 Å². The zero-order valence-electron chi connectivity index (χ0n) is 11.7. The maximum Gasteiger partial charge on any atom is 0.0622 e. The minimum Gasteiger partial charge on any atom is -0.378 e. The minimum absolute atomic E-state index is 0.644. The SMILES string of the molecule is CCCCCCNCCN1CCOCC1CC. The van der Waals surface area contributed by atoms with Gasteiger partial charge in [-0.05, 0) is 19.4 Å². The Kier molecular flexibility index (Phi) is 8.67. The van der Waals surface area contributed by atoms with Crippen molar-refractivity contribution in [1.82, 2.24) is 10.2 Å². The molecule has 1 heterocycles. The molecule has 102 valence electrons. The Balaban J connectivity index is 1.97. The topological polar surface area (TPSA) is 24.5 Å². The molecule has 0 saturated carbocycles. The molecule has 1 atom stereocenters. The summed E-state index contributed by atoms with van der Waals surface area (Å²) in [6.07, 6.45) is 6.61. The highest BCUT2D eigenvalue weighted by Crippen LogP contribution is 2.08. The third-order valence-corrected chi connectivity index (χ3v) is 3.60. The van der Waals surface area contributed by atoms with E-state index < -0.39 is 0 Å². The lowest BCUT2D eigenvalue weighted by atomic mass is 10.2. The molecule has 1 aliphatic rings. The van der Waals surface area contributed by atoms with Crippen molar-refractivity contribution in [3.63, 3.8) is 0 Å². The predicted octanol–water partition coefficient (Wildman–Crippen LogP) is 2.27. The van der Waals surface area contributed by atoms with Crippen molar-refractivity contribution in [3.8, 4) is 0 Å². The standard InChI is InChI=1S/C14H30N2O/c1-3-5-6-7-8-15-9-10-16-11-12-17-13-14(16)4-2/h14-15H,3-13H2,1-2H3. The molecule has 0 aromatic rings. The molecule has 0 aliphatic carbocycles. The van der Waals surface area contributed by atoms with E-state index in [4.69, 9.17) is 4.74 Å². The van der Waals surface area contributed by atoms with E-state index in [0.717, 1.165) is 26.3 Å². The number of nitrogens with one attached hydrogen (secondary N) is 1. The molecule has 0 amide bonds. The first-order valence-corrected chi connectivity index (χ1v) is 7.41. The van der Waals surface area contributed by atoms with Crippen LogP contribution in [0.3, 0.4) is 0 Å². The van der Waals surface area contributed by atoms with Crippen molar-refractivity contribution in [1.29, 1.82) is 0 Å². The maximum atomic E-state index is 5.51. The van der Waals surface area contributed by atoms with Gasteiger partial charge in [0.05, 0.1) is 13.2 Å². The molecule has 0 radical (unpaired) electrons. The van der Waals surface area contributed by atoms with E-state index in [1.807, 2.05) is 0 Å². The highest BCUT2D eigenvalue weighted by molar-refractivity contribution is 4.74. The molecular weight excluding hydrogens is 212 g/mol. The Morgan fingerprint density at radius 1 is 1.18 bits per heavy atom. The van der Waals surface area contributed by atoms with Crippen molar-refractivity contribution in [2.24, 2.45) is 0 Å².